The number of hydrogen-bond donors (Lipinski definition) is 1. The van der Waals surface area contributed by atoms with Crippen LogP contribution in [-0.4, -0.2) is 16.5 Å². The molecule has 0 atom stereocenters. The average molecular weight is 344 g/mol. The first-order valence-electron chi connectivity index (χ1n) is 9.15. The van der Waals surface area contributed by atoms with Gasteiger partial charge in [-0.15, -0.1) is 0 Å². The molecule has 0 unspecified atom stereocenters. The minimum absolute atomic E-state index is 0.769. The largest absolute Gasteiger partial charge is 0.366 e. The molecule has 4 heteroatoms. The van der Waals surface area contributed by atoms with Gasteiger partial charge in [0.2, 0.25) is 5.95 Å². The molecule has 1 aromatic heterocycles. The van der Waals surface area contributed by atoms with Gasteiger partial charge in [-0.3, -0.25) is 0 Å². The van der Waals surface area contributed by atoms with Gasteiger partial charge >= 0.3 is 0 Å². The van der Waals surface area contributed by atoms with Gasteiger partial charge in [-0.2, -0.15) is 4.98 Å². The molecular weight excluding hydrogens is 320 g/mol. The van der Waals surface area contributed by atoms with Crippen LogP contribution in [0.4, 0.5) is 11.8 Å². The maximum Gasteiger partial charge on any atom is 0.227 e. The van der Waals surface area contributed by atoms with Crippen LogP contribution in [0.25, 0.3) is 0 Å². The van der Waals surface area contributed by atoms with Crippen LogP contribution in [-0.2, 0) is 19.5 Å². The van der Waals surface area contributed by atoms with E-state index in [1.807, 2.05) is 13.0 Å². The van der Waals surface area contributed by atoms with Crippen LogP contribution < -0.4 is 10.2 Å². The molecule has 0 amide bonds. The molecule has 2 aromatic carbocycles. The van der Waals surface area contributed by atoms with Crippen molar-refractivity contribution in [3.8, 4) is 0 Å². The van der Waals surface area contributed by atoms with Gasteiger partial charge in [-0.25, -0.2) is 4.98 Å². The van der Waals surface area contributed by atoms with E-state index in [9.17, 15) is 0 Å². The fraction of sp³-hybridized carbons (Fsp3) is 0.273. The van der Waals surface area contributed by atoms with Crippen LogP contribution in [0.1, 0.15) is 27.9 Å². The first kappa shape index (κ1) is 16.6. The summed E-state index contributed by atoms with van der Waals surface area (Å²) in [6.07, 6.45) is 1.04. The fourth-order valence-electron chi connectivity index (χ4n) is 3.45. The number of aryl methyl sites for hydroxylation is 2. The lowest BCUT2D eigenvalue weighted by molar-refractivity contribution is 0.706. The Kier molecular flexibility index (Phi) is 4.57. The normalized spacial score (nSPS) is 13.4. The third-order valence-corrected chi connectivity index (χ3v) is 4.98. The Hall–Kier alpha value is -2.88. The molecule has 2 heterocycles. The van der Waals surface area contributed by atoms with E-state index in [0.717, 1.165) is 43.5 Å². The lowest BCUT2D eigenvalue weighted by Gasteiger charge is -2.29. The molecule has 0 bridgehead atoms. The monoisotopic (exact) mass is 344 g/mol. The molecule has 4 nitrogen and oxygen atoms in total. The van der Waals surface area contributed by atoms with Crippen molar-refractivity contribution in [2.75, 3.05) is 16.8 Å². The molecule has 1 N–H and O–H groups in total. The quantitative estimate of drug-likeness (QED) is 0.767. The summed E-state index contributed by atoms with van der Waals surface area (Å²) in [6.45, 7) is 6.76. The number of fused-ring (bicyclic) bond motifs is 1. The predicted octanol–water partition coefficient (Wildman–Crippen LogP) is 4.27. The van der Waals surface area contributed by atoms with Crippen LogP contribution in [0.2, 0.25) is 0 Å². The van der Waals surface area contributed by atoms with Gasteiger partial charge in [-0.05, 0) is 42.5 Å². The summed E-state index contributed by atoms with van der Waals surface area (Å²) in [6, 6.07) is 19.1. The molecule has 1 aliphatic heterocycles. The van der Waals surface area contributed by atoms with E-state index in [4.69, 9.17) is 4.98 Å². The molecule has 0 aliphatic carbocycles. The number of aromatic nitrogens is 2. The number of hydrogen-bond acceptors (Lipinski definition) is 4. The SMILES string of the molecule is Cc1cc(NCc2ccccc2C)nc(N2CCc3ccccc3C2)n1. The molecule has 0 saturated heterocycles. The molecule has 132 valence electrons. The Morgan fingerprint density at radius 2 is 1.73 bits per heavy atom. The summed E-state index contributed by atoms with van der Waals surface area (Å²) in [7, 11) is 0. The van der Waals surface area contributed by atoms with Crippen molar-refractivity contribution in [3.63, 3.8) is 0 Å². The smallest absolute Gasteiger partial charge is 0.227 e. The zero-order valence-electron chi connectivity index (χ0n) is 15.4. The van der Waals surface area contributed by atoms with E-state index in [1.165, 1.54) is 22.3 Å². The zero-order valence-corrected chi connectivity index (χ0v) is 15.4. The minimum atomic E-state index is 0.769. The summed E-state index contributed by atoms with van der Waals surface area (Å²) in [4.78, 5) is 11.7. The second-order valence-electron chi connectivity index (χ2n) is 6.91. The Morgan fingerprint density at radius 1 is 0.962 bits per heavy atom. The summed E-state index contributed by atoms with van der Waals surface area (Å²) < 4.78 is 0. The number of rotatable bonds is 4. The third kappa shape index (κ3) is 3.54. The molecule has 0 saturated carbocycles. The molecule has 4 rings (SSSR count). The standard InChI is InChI=1S/C22H24N4/c1-16-7-3-4-9-19(16)14-23-21-13-17(2)24-22(25-21)26-12-11-18-8-5-6-10-20(18)15-26/h3-10,13H,11-12,14-15H2,1-2H3,(H,23,24,25). The van der Waals surface area contributed by atoms with E-state index in [0.29, 0.717) is 0 Å². The highest BCUT2D eigenvalue weighted by Gasteiger charge is 2.18. The van der Waals surface area contributed by atoms with E-state index in [2.05, 4.69) is 70.7 Å². The number of anilines is 2. The molecular formula is C22H24N4. The summed E-state index contributed by atoms with van der Waals surface area (Å²) in [5, 5.41) is 3.46. The second kappa shape index (κ2) is 7.16. The molecule has 1 aliphatic rings. The van der Waals surface area contributed by atoms with Crippen LogP contribution in [0.15, 0.2) is 54.6 Å². The fourth-order valence-corrected chi connectivity index (χ4v) is 3.45. The van der Waals surface area contributed by atoms with Crippen LogP contribution >= 0.6 is 0 Å². The van der Waals surface area contributed by atoms with Gasteiger partial charge in [0.05, 0.1) is 0 Å². The highest BCUT2D eigenvalue weighted by atomic mass is 15.3. The van der Waals surface area contributed by atoms with Gasteiger partial charge in [0, 0.05) is 31.4 Å². The summed E-state index contributed by atoms with van der Waals surface area (Å²) in [5.41, 5.74) is 6.38. The van der Waals surface area contributed by atoms with Crippen molar-refractivity contribution in [3.05, 3.63) is 82.5 Å². The van der Waals surface area contributed by atoms with E-state index in [-0.39, 0.29) is 0 Å². The first-order valence-corrected chi connectivity index (χ1v) is 9.15. The summed E-state index contributed by atoms with van der Waals surface area (Å²) >= 11 is 0. The van der Waals surface area contributed by atoms with Gasteiger partial charge in [0.25, 0.3) is 0 Å². The maximum atomic E-state index is 4.78. The highest BCUT2D eigenvalue weighted by molar-refractivity contribution is 5.47. The Morgan fingerprint density at radius 3 is 2.58 bits per heavy atom. The van der Waals surface area contributed by atoms with Crippen molar-refractivity contribution in [1.82, 2.24) is 9.97 Å². The average Bonchev–Trinajstić information content (AvgIpc) is 2.66. The van der Waals surface area contributed by atoms with Crippen molar-refractivity contribution in [1.29, 1.82) is 0 Å². The molecule has 0 radical (unpaired) electrons. The predicted molar refractivity (Wildman–Crippen MR) is 106 cm³/mol. The van der Waals surface area contributed by atoms with Gasteiger partial charge in [0.1, 0.15) is 5.82 Å². The van der Waals surface area contributed by atoms with Crippen molar-refractivity contribution >= 4 is 11.8 Å². The number of nitrogens with one attached hydrogen (secondary N) is 1. The van der Waals surface area contributed by atoms with E-state index in [1.54, 1.807) is 0 Å². The molecule has 3 aromatic rings. The highest BCUT2D eigenvalue weighted by Crippen LogP contribution is 2.23. The topological polar surface area (TPSA) is 41.1 Å². The minimum Gasteiger partial charge on any atom is -0.366 e. The Bertz CT molecular complexity index is 920. The zero-order chi connectivity index (χ0) is 17.9. The number of nitrogens with zero attached hydrogens (tertiary/aromatic N) is 3. The van der Waals surface area contributed by atoms with Gasteiger partial charge < -0.3 is 10.2 Å². The Labute approximate surface area is 154 Å². The van der Waals surface area contributed by atoms with Crippen molar-refractivity contribution in [2.24, 2.45) is 0 Å². The lowest BCUT2D eigenvalue weighted by Crippen LogP contribution is -2.32. The van der Waals surface area contributed by atoms with E-state index < -0.39 is 0 Å². The molecule has 26 heavy (non-hydrogen) atoms. The lowest BCUT2D eigenvalue weighted by atomic mass is 10.0. The summed E-state index contributed by atoms with van der Waals surface area (Å²) in [5.74, 6) is 1.70. The third-order valence-electron chi connectivity index (χ3n) is 4.98. The van der Waals surface area contributed by atoms with Gasteiger partial charge in [-0.1, -0.05) is 48.5 Å². The van der Waals surface area contributed by atoms with E-state index >= 15 is 0 Å². The van der Waals surface area contributed by atoms with Crippen molar-refractivity contribution < 1.29 is 0 Å². The van der Waals surface area contributed by atoms with Crippen LogP contribution in [0, 0.1) is 13.8 Å². The first-order chi connectivity index (χ1) is 12.7. The molecule has 0 fully saturated rings. The van der Waals surface area contributed by atoms with Crippen LogP contribution in [0.5, 0.6) is 0 Å². The number of benzene rings is 2. The second-order valence-corrected chi connectivity index (χ2v) is 6.91. The van der Waals surface area contributed by atoms with Gasteiger partial charge in [0.15, 0.2) is 0 Å². The van der Waals surface area contributed by atoms with Crippen molar-refractivity contribution in [2.45, 2.75) is 33.4 Å². The molecule has 0 spiro atoms. The van der Waals surface area contributed by atoms with Crippen LogP contribution in [0.3, 0.4) is 0 Å². The Balaban J connectivity index is 1.52. The maximum absolute atomic E-state index is 4.78.